The van der Waals surface area contributed by atoms with Gasteiger partial charge in [-0.1, -0.05) is 61.0 Å². The van der Waals surface area contributed by atoms with Gasteiger partial charge in [0.15, 0.2) is 6.23 Å². The molecule has 0 aliphatic rings. The minimum Gasteiger partial charge on any atom is -0.506 e. The summed E-state index contributed by atoms with van der Waals surface area (Å²) in [6.07, 6.45) is 0.286. The van der Waals surface area contributed by atoms with Gasteiger partial charge in [0.2, 0.25) is 11.5 Å². The number of benzene rings is 3. The van der Waals surface area contributed by atoms with Crippen molar-refractivity contribution in [2.24, 2.45) is 0 Å². The standard InChI is InChI=1S/C32H36N4O6/c1-21(42-32(41)35-26-13-8-7-12-23(26)22-10-4-2-5-11-22)34-29(39)14-6-3-9-19-33-20-28(38)24-15-17-27(37)31-25(24)16-18-30(40)36-31/h2,4-5,7-8,10-13,15-18,21,28,33,37-38H,3,6,9,14,19-20H2,1H3,(H,34,39)(H,35,41)(H,36,40)/t21?,28-/m0/s1. The Bertz CT molecular complexity index is 1560. The van der Waals surface area contributed by atoms with Crippen molar-refractivity contribution in [1.82, 2.24) is 15.6 Å². The Morgan fingerprint density at radius 3 is 2.50 bits per heavy atom. The van der Waals surface area contributed by atoms with Crippen LogP contribution in [0, 0.1) is 0 Å². The fourth-order valence-corrected chi connectivity index (χ4v) is 4.70. The summed E-state index contributed by atoms with van der Waals surface area (Å²) in [7, 11) is 0. The number of anilines is 1. The van der Waals surface area contributed by atoms with E-state index in [0.29, 0.717) is 48.1 Å². The molecule has 4 rings (SSSR count). The van der Waals surface area contributed by atoms with E-state index in [0.717, 1.165) is 24.0 Å². The van der Waals surface area contributed by atoms with E-state index in [1.165, 1.54) is 12.1 Å². The SMILES string of the molecule is CC(NC(=O)CCCCCNC[C@H](O)c1ccc(O)c2[nH]c(=O)ccc12)OC(=O)Nc1ccccc1-c1ccccc1. The lowest BCUT2D eigenvalue weighted by molar-refractivity contribution is -0.123. The van der Waals surface area contributed by atoms with Gasteiger partial charge in [0.05, 0.1) is 17.3 Å². The Morgan fingerprint density at radius 1 is 0.929 bits per heavy atom. The van der Waals surface area contributed by atoms with Crippen LogP contribution in [0.4, 0.5) is 10.5 Å². The number of carbonyl (C=O) groups excluding carboxylic acids is 2. The van der Waals surface area contributed by atoms with E-state index in [9.17, 15) is 24.6 Å². The molecule has 0 aliphatic heterocycles. The van der Waals surface area contributed by atoms with Gasteiger partial charge in [-0.2, -0.15) is 0 Å². The van der Waals surface area contributed by atoms with E-state index in [4.69, 9.17) is 4.74 Å². The second-order valence-electron chi connectivity index (χ2n) is 9.97. The van der Waals surface area contributed by atoms with Gasteiger partial charge < -0.3 is 30.6 Å². The zero-order valence-electron chi connectivity index (χ0n) is 23.4. The number of phenolic OH excluding ortho intramolecular Hbond substituents is 1. The van der Waals surface area contributed by atoms with Crippen molar-refractivity contribution in [3.05, 3.63) is 94.8 Å². The number of aromatic hydroxyl groups is 1. The third kappa shape index (κ3) is 8.42. The molecule has 0 spiro atoms. The molecule has 0 fully saturated rings. The summed E-state index contributed by atoms with van der Waals surface area (Å²) in [6, 6.07) is 23.1. The number of aliphatic hydroxyl groups excluding tert-OH is 1. The lowest BCUT2D eigenvalue weighted by Crippen LogP contribution is -2.37. The summed E-state index contributed by atoms with van der Waals surface area (Å²) in [5, 5.41) is 29.9. The fraction of sp³-hybridized carbons (Fsp3) is 0.281. The topological polar surface area (TPSA) is 153 Å². The first-order valence-electron chi connectivity index (χ1n) is 14.0. The maximum Gasteiger partial charge on any atom is 0.413 e. The number of unbranched alkanes of at least 4 members (excludes halogenated alkanes) is 2. The van der Waals surface area contributed by atoms with E-state index in [1.807, 2.05) is 48.5 Å². The van der Waals surface area contributed by atoms with E-state index >= 15 is 0 Å². The Kier molecular flexibility index (Phi) is 10.7. The molecular formula is C32H36N4O6. The van der Waals surface area contributed by atoms with Gasteiger partial charge in [-0.3, -0.25) is 14.9 Å². The van der Waals surface area contributed by atoms with Crippen molar-refractivity contribution < 1.29 is 24.5 Å². The first-order chi connectivity index (χ1) is 20.3. The van der Waals surface area contributed by atoms with Crippen molar-refractivity contribution in [1.29, 1.82) is 0 Å². The zero-order valence-corrected chi connectivity index (χ0v) is 23.4. The molecule has 42 heavy (non-hydrogen) atoms. The lowest BCUT2D eigenvalue weighted by Gasteiger charge is -2.17. The summed E-state index contributed by atoms with van der Waals surface area (Å²) in [6.45, 7) is 2.55. The maximum atomic E-state index is 12.4. The average Bonchev–Trinajstić information content (AvgIpc) is 2.97. The van der Waals surface area contributed by atoms with Gasteiger partial charge in [-0.05, 0) is 55.6 Å². The smallest absolute Gasteiger partial charge is 0.413 e. The molecule has 10 heteroatoms. The second-order valence-corrected chi connectivity index (χ2v) is 9.97. The van der Waals surface area contributed by atoms with Crippen molar-refractivity contribution in [2.75, 3.05) is 18.4 Å². The minimum atomic E-state index is -0.824. The van der Waals surface area contributed by atoms with E-state index in [1.54, 1.807) is 25.1 Å². The molecule has 0 bridgehead atoms. The Balaban J connectivity index is 1.11. The first-order valence-corrected chi connectivity index (χ1v) is 14.0. The number of rotatable bonds is 13. The van der Waals surface area contributed by atoms with Crippen molar-refractivity contribution in [3.8, 4) is 16.9 Å². The molecule has 2 amide bonds. The number of amides is 2. The molecular weight excluding hydrogens is 536 g/mol. The third-order valence-electron chi connectivity index (χ3n) is 6.76. The number of phenols is 1. The van der Waals surface area contributed by atoms with Gasteiger partial charge in [0, 0.05) is 30.0 Å². The highest BCUT2D eigenvalue weighted by molar-refractivity contribution is 5.91. The number of aromatic nitrogens is 1. The number of aromatic amines is 1. The van der Waals surface area contributed by atoms with Crippen LogP contribution in [0.1, 0.15) is 44.3 Å². The van der Waals surface area contributed by atoms with Crippen LogP contribution in [0.5, 0.6) is 5.75 Å². The number of fused-ring (bicyclic) bond motifs is 1. The molecule has 2 atom stereocenters. The van der Waals surface area contributed by atoms with Gasteiger partial charge in [0.25, 0.3) is 0 Å². The number of aliphatic hydroxyl groups is 1. The number of ether oxygens (including phenoxy) is 1. The van der Waals surface area contributed by atoms with Crippen LogP contribution in [-0.2, 0) is 9.53 Å². The summed E-state index contributed by atoms with van der Waals surface area (Å²) in [4.78, 5) is 38.9. The van der Waals surface area contributed by atoms with Gasteiger partial charge >= 0.3 is 6.09 Å². The molecule has 1 aromatic heterocycles. The highest BCUT2D eigenvalue weighted by Crippen LogP contribution is 2.29. The largest absolute Gasteiger partial charge is 0.506 e. The van der Waals surface area contributed by atoms with Crippen LogP contribution in [0.15, 0.2) is 83.7 Å². The highest BCUT2D eigenvalue weighted by Gasteiger charge is 2.15. The molecule has 3 aromatic carbocycles. The van der Waals surface area contributed by atoms with Crippen LogP contribution in [0.25, 0.3) is 22.0 Å². The van der Waals surface area contributed by atoms with Crippen LogP contribution in [-0.4, -0.2) is 46.5 Å². The summed E-state index contributed by atoms with van der Waals surface area (Å²) >= 11 is 0. The maximum absolute atomic E-state index is 12.4. The number of hydrogen-bond acceptors (Lipinski definition) is 7. The quantitative estimate of drug-likeness (QED) is 0.0994. The molecule has 1 heterocycles. The zero-order chi connectivity index (χ0) is 29.9. The van der Waals surface area contributed by atoms with Gasteiger partial charge in [-0.25, -0.2) is 4.79 Å². The van der Waals surface area contributed by atoms with Crippen LogP contribution in [0.3, 0.4) is 0 Å². The Labute approximate surface area is 243 Å². The van der Waals surface area contributed by atoms with E-state index in [-0.39, 0.29) is 17.2 Å². The molecule has 4 aromatic rings. The monoisotopic (exact) mass is 572 g/mol. The van der Waals surface area contributed by atoms with E-state index in [2.05, 4.69) is 20.9 Å². The molecule has 10 nitrogen and oxygen atoms in total. The third-order valence-corrected chi connectivity index (χ3v) is 6.76. The average molecular weight is 573 g/mol. The Hall–Kier alpha value is -4.67. The van der Waals surface area contributed by atoms with Crippen LogP contribution < -0.4 is 21.5 Å². The number of hydrogen-bond donors (Lipinski definition) is 6. The number of carbonyl (C=O) groups is 2. The van der Waals surface area contributed by atoms with Crippen LogP contribution in [0.2, 0.25) is 0 Å². The minimum absolute atomic E-state index is 0.0514. The van der Waals surface area contributed by atoms with Crippen molar-refractivity contribution >= 4 is 28.6 Å². The molecule has 0 radical (unpaired) electrons. The fourth-order valence-electron chi connectivity index (χ4n) is 4.70. The number of nitrogens with one attached hydrogen (secondary N) is 4. The first kappa shape index (κ1) is 30.3. The summed E-state index contributed by atoms with van der Waals surface area (Å²) in [5.41, 5.74) is 3.01. The van der Waals surface area contributed by atoms with Crippen molar-refractivity contribution in [3.63, 3.8) is 0 Å². The molecule has 220 valence electrons. The molecule has 0 aliphatic carbocycles. The predicted octanol–water partition coefficient (Wildman–Crippen LogP) is 4.80. The lowest BCUT2D eigenvalue weighted by atomic mass is 10.0. The van der Waals surface area contributed by atoms with Crippen molar-refractivity contribution in [2.45, 2.75) is 44.9 Å². The number of H-pyrrole nitrogens is 1. The van der Waals surface area contributed by atoms with Gasteiger partial charge in [0.1, 0.15) is 5.75 Å². The summed E-state index contributed by atoms with van der Waals surface area (Å²) < 4.78 is 5.33. The Morgan fingerprint density at radius 2 is 1.69 bits per heavy atom. The molecule has 0 saturated heterocycles. The second kappa shape index (κ2) is 14.8. The van der Waals surface area contributed by atoms with E-state index < -0.39 is 18.4 Å². The number of para-hydroxylation sites is 1. The highest BCUT2D eigenvalue weighted by atomic mass is 16.6. The molecule has 1 unspecified atom stereocenters. The molecule has 0 saturated carbocycles. The normalized spacial score (nSPS) is 12.4. The predicted molar refractivity (Wildman–Crippen MR) is 162 cm³/mol. The number of pyridine rings is 1. The summed E-state index contributed by atoms with van der Waals surface area (Å²) in [5.74, 6) is -0.259. The molecule has 6 N–H and O–H groups in total. The van der Waals surface area contributed by atoms with Gasteiger partial charge in [-0.15, -0.1) is 0 Å². The van der Waals surface area contributed by atoms with Crippen LogP contribution >= 0.6 is 0 Å².